The number of para-hydroxylation sites is 1. The molecule has 0 radical (unpaired) electrons. The van der Waals surface area contributed by atoms with E-state index in [-0.39, 0.29) is 0 Å². The van der Waals surface area contributed by atoms with Crippen molar-refractivity contribution in [2.75, 3.05) is 53.6 Å². The minimum atomic E-state index is 0.693. The molecule has 0 amide bonds. The van der Waals surface area contributed by atoms with E-state index >= 15 is 0 Å². The Balaban J connectivity index is 1.57. The van der Waals surface area contributed by atoms with Crippen molar-refractivity contribution in [3.63, 3.8) is 0 Å². The first kappa shape index (κ1) is 17.5. The summed E-state index contributed by atoms with van der Waals surface area (Å²) in [6.45, 7) is 6.57. The third kappa shape index (κ3) is 4.38. The number of rotatable bonds is 7. The Kier molecular flexibility index (Phi) is 6.30. The van der Waals surface area contributed by atoms with E-state index < -0.39 is 0 Å². The van der Waals surface area contributed by atoms with Crippen molar-refractivity contribution >= 4 is 6.08 Å². The van der Waals surface area contributed by atoms with E-state index in [1.807, 2.05) is 12.1 Å². The van der Waals surface area contributed by atoms with Crippen LogP contribution in [-0.2, 0) is 4.74 Å². The fourth-order valence-electron chi connectivity index (χ4n) is 4.04. The molecule has 4 nitrogen and oxygen atoms in total. The van der Waals surface area contributed by atoms with Gasteiger partial charge in [-0.25, -0.2) is 0 Å². The van der Waals surface area contributed by atoms with Crippen molar-refractivity contribution in [2.45, 2.75) is 18.9 Å². The molecule has 1 aromatic rings. The molecule has 0 saturated carbocycles. The Bertz CT molecular complexity index is 546. The van der Waals surface area contributed by atoms with Gasteiger partial charge in [-0.05, 0) is 24.8 Å². The van der Waals surface area contributed by atoms with E-state index in [2.05, 4.69) is 34.1 Å². The largest absolute Gasteiger partial charge is 0.496 e. The van der Waals surface area contributed by atoms with E-state index in [1.165, 1.54) is 32.5 Å². The van der Waals surface area contributed by atoms with Gasteiger partial charge in [-0.15, -0.1) is 0 Å². The van der Waals surface area contributed by atoms with Gasteiger partial charge in [0.1, 0.15) is 5.75 Å². The average molecular weight is 330 g/mol. The zero-order valence-corrected chi connectivity index (χ0v) is 15.0. The van der Waals surface area contributed by atoms with Crippen LogP contribution < -0.4 is 4.74 Å². The van der Waals surface area contributed by atoms with Gasteiger partial charge in [0, 0.05) is 51.4 Å². The topological polar surface area (TPSA) is 24.9 Å². The summed E-state index contributed by atoms with van der Waals surface area (Å²) in [5.74, 6) is 1.75. The lowest BCUT2D eigenvalue weighted by molar-refractivity contribution is 0.0872. The molecule has 2 atom stereocenters. The van der Waals surface area contributed by atoms with Crippen molar-refractivity contribution in [1.82, 2.24) is 9.80 Å². The van der Waals surface area contributed by atoms with Crippen molar-refractivity contribution in [1.29, 1.82) is 0 Å². The molecular formula is C20H30N2O2. The number of ether oxygens (including phenoxy) is 2. The highest BCUT2D eigenvalue weighted by Gasteiger charge is 2.33. The average Bonchev–Trinajstić information content (AvgIpc) is 2.91. The number of fused-ring (bicyclic) bond motifs is 4. The summed E-state index contributed by atoms with van der Waals surface area (Å²) in [5.41, 5.74) is 1.15. The smallest absolute Gasteiger partial charge is 0.126 e. The lowest BCUT2D eigenvalue weighted by atomic mass is 9.95. The number of hydrogen-bond donors (Lipinski definition) is 0. The van der Waals surface area contributed by atoms with Gasteiger partial charge >= 0.3 is 0 Å². The van der Waals surface area contributed by atoms with Gasteiger partial charge in [-0.1, -0.05) is 30.4 Å². The van der Waals surface area contributed by atoms with Gasteiger partial charge in [-0.2, -0.15) is 0 Å². The molecule has 3 aliphatic heterocycles. The normalized spacial score (nSPS) is 25.2. The summed E-state index contributed by atoms with van der Waals surface area (Å²) in [6, 6.07) is 8.88. The minimum Gasteiger partial charge on any atom is -0.496 e. The first-order chi connectivity index (χ1) is 11.8. The number of benzene rings is 1. The van der Waals surface area contributed by atoms with Crippen LogP contribution >= 0.6 is 0 Å². The minimum absolute atomic E-state index is 0.693. The fraction of sp³-hybridized carbons (Fsp3) is 0.600. The quantitative estimate of drug-likeness (QED) is 0.767. The third-order valence-corrected chi connectivity index (χ3v) is 5.29. The van der Waals surface area contributed by atoms with Gasteiger partial charge in [0.2, 0.25) is 0 Å². The predicted molar refractivity (Wildman–Crippen MR) is 98.4 cm³/mol. The van der Waals surface area contributed by atoms with E-state index in [0.717, 1.165) is 36.9 Å². The molecule has 0 aliphatic carbocycles. The molecule has 0 unspecified atom stereocenters. The van der Waals surface area contributed by atoms with Crippen molar-refractivity contribution in [3.8, 4) is 5.75 Å². The van der Waals surface area contributed by atoms with Crippen LogP contribution in [0.25, 0.3) is 6.08 Å². The summed E-state index contributed by atoms with van der Waals surface area (Å²) in [6.07, 6.45) is 7.18. The summed E-state index contributed by atoms with van der Waals surface area (Å²) < 4.78 is 10.7. The Morgan fingerprint density at radius 2 is 2.00 bits per heavy atom. The van der Waals surface area contributed by atoms with Gasteiger partial charge in [0.25, 0.3) is 0 Å². The summed E-state index contributed by atoms with van der Waals surface area (Å²) >= 11 is 0. The lowest BCUT2D eigenvalue weighted by Crippen LogP contribution is -2.45. The van der Waals surface area contributed by atoms with Crippen LogP contribution in [0, 0.1) is 5.92 Å². The number of nitrogens with zero attached hydrogens (tertiary/aromatic N) is 2. The zero-order valence-electron chi connectivity index (χ0n) is 15.0. The highest BCUT2D eigenvalue weighted by Crippen LogP contribution is 2.27. The first-order valence-electron chi connectivity index (χ1n) is 9.05. The second-order valence-electron chi connectivity index (χ2n) is 6.95. The predicted octanol–water partition coefficient (Wildman–Crippen LogP) is 2.75. The molecule has 3 aliphatic rings. The van der Waals surface area contributed by atoms with Gasteiger partial charge in [-0.3, -0.25) is 9.80 Å². The van der Waals surface area contributed by atoms with Crippen LogP contribution in [0.5, 0.6) is 5.75 Å². The molecule has 0 spiro atoms. The van der Waals surface area contributed by atoms with Crippen LogP contribution in [0.1, 0.15) is 18.4 Å². The maximum Gasteiger partial charge on any atom is 0.126 e. The molecular weight excluding hydrogens is 300 g/mol. The number of piperidine rings is 1. The number of hydrogen-bond acceptors (Lipinski definition) is 4. The Morgan fingerprint density at radius 3 is 2.83 bits per heavy atom. The Hall–Kier alpha value is -1.36. The van der Waals surface area contributed by atoms with Crippen molar-refractivity contribution in [3.05, 3.63) is 35.9 Å². The van der Waals surface area contributed by atoms with E-state index in [9.17, 15) is 0 Å². The maximum absolute atomic E-state index is 5.42. The summed E-state index contributed by atoms with van der Waals surface area (Å²) in [4.78, 5) is 5.25. The van der Waals surface area contributed by atoms with Gasteiger partial charge < -0.3 is 9.47 Å². The van der Waals surface area contributed by atoms with Crippen LogP contribution in [0.3, 0.4) is 0 Å². The van der Waals surface area contributed by atoms with Crippen LogP contribution in [0.15, 0.2) is 30.3 Å². The molecule has 1 aromatic carbocycles. The fourth-order valence-corrected chi connectivity index (χ4v) is 4.04. The molecule has 2 bridgehead atoms. The van der Waals surface area contributed by atoms with E-state index in [1.54, 1.807) is 14.2 Å². The third-order valence-electron chi connectivity index (χ3n) is 5.29. The van der Waals surface area contributed by atoms with Gasteiger partial charge in [0.05, 0.1) is 13.7 Å². The summed E-state index contributed by atoms with van der Waals surface area (Å²) in [5, 5.41) is 0. The molecule has 0 aromatic heterocycles. The van der Waals surface area contributed by atoms with E-state index in [0.29, 0.717) is 6.04 Å². The molecule has 24 heavy (non-hydrogen) atoms. The molecule has 3 saturated heterocycles. The van der Waals surface area contributed by atoms with Crippen LogP contribution in [-0.4, -0.2) is 69.4 Å². The number of methoxy groups -OCH3 is 2. The summed E-state index contributed by atoms with van der Waals surface area (Å²) in [7, 11) is 3.53. The monoisotopic (exact) mass is 330 g/mol. The second kappa shape index (κ2) is 8.65. The Labute approximate surface area is 146 Å². The van der Waals surface area contributed by atoms with Crippen molar-refractivity contribution < 1.29 is 9.47 Å². The molecule has 3 fully saturated rings. The SMILES string of the molecule is COCCN1C[C@@H]2CC[C@H]1CN(C/C=C/c1ccccc1OC)C2. The van der Waals surface area contributed by atoms with Gasteiger partial charge in [0.15, 0.2) is 0 Å². The second-order valence-corrected chi connectivity index (χ2v) is 6.95. The van der Waals surface area contributed by atoms with Crippen molar-refractivity contribution in [2.24, 2.45) is 5.92 Å². The van der Waals surface area contributed by atoms with Crippen LogP contribution in [0.4, 0.5) is 0 Å². The first-order valence-corrected chi connectivity index (χ1v) is 9.05. The molecule has 4 rings (SSSR count). The van der Waals surface area contributed by atoms with E-state index in [4.69, 9.17) is 9.47 Å². The Morgan fingerprint density at radius 1 is 1.12 bits per heavy atom. The lowest BCUT2D eigenvalue weighted by Gasteiger charge is -2.35. The molecule has 3 heterocycles. The maximum atomic E-state index is 5.42. The zero-order chi connectivity index (χ0) is 16.8. The molecule has 0 N–H and O–H groups in total. The molecule has 132 valence electrons. The molecule has 4 heteroatoms. The van der Waals surface area contributed by atoms with Crippen LogP contribution in [0.2, 0.25) is 0 Å². The standard InChI is InChI=1S/C20H30N2O2/c1-23-13-12-22-15-17-9-10-19(22)16-21(14-17)11-5-7-18-6-3-4-8-20(18)24-2/h3-8,17,19H,9-16H2,1-2H3/b7-5+/t17-,19+/m1/s1. The highest BCUT2D eigenvalue weighted by atomic mass is 16.5. The highest BCUT2D eigenvalue weighted by molar-refractivity contribution is 5.57.